The lowest BCUT2D eigenvalue weighted by molar-refractivity contribution is 0.444. The highest BCUT2D eigenvalue weighted by Crippen LogP contribution is 2.32. The smallest absolute Gasteiger partial charge is 0.0443 e. The summed E-state index contributed by atoms with van der Waals surface area (Å²) in [5.41, 5.74) is 1.42. The molecule has 102 valence electrons. The Morgan fingerprint density at radius 3 is 2.28 bits per heavy atom. The van der Waals surface area contributed by atoms with Crippen molar-refractivity contribution in [2.45, 2.75) is 45.4 Å². The van der Waals surface area contributed by atoms with E-state index >= 15 is 0 Å². The molecule has 0 aliphatic heterocycles. The van der Waals surface area contributed by atoms with Crippen LogP contribution in [-0.4, -0.2) is 17.5 Å². The number of benzene rings is 1. The molecular weight excluding hydrogens is 238 g/mol. The molecule has 2 unspecified atom stereocenters. The molecule has 0 aliphatic carbocycles. The molecule has 1 aromatic carbocycles. The SMILES string of the molecule is CCCNC(c1ccccc1)C(SCC)C(C)C. The van der Waals surface area contributed by atoms with Crippen molar-refractivity contribution in [3.05, 3.63) is 35.9 Å². The number of hydrogen-bond acceptors (Lipinski definition) is 2. The molecule has 0 bridgehead atoms. The molecule has 0 fully saturated rings. The lowest BCUT2D eigenvalue weighted by Gasteiger charge is -2.31. The molecule has 0 aromatic heterocycles. The molecule has 0 amide bonds. The van der Waals surface area contributed by atoms with Crippen LogP contribution < -0.4 is 5.32 Å². The van der Waals surface area contributed by atoms with E-state index in [1.165, 1.54) is 17.7 Å². The van der Waals surface area contributed by atoms with Crippen LogP contribution in [0.15, 0.2) is 30.3 Å². The number of nitrogens with one attached hydrogen (secondary N) is 1. The van der Waals surface area contributed by atoms with Crippen molar-refractivity contribution in [1.82, 2.24) is 5.32 Å². The average molecular weight is 265 g/mol. The topological polar surface area (TPSA) is 12.0 Å². The summed E-state index contributed by atoms with van der Waals surface area (Å²) in [5, 5.41) is 4.37. The predicted octanol–water partition coefficient (Wildman–Crippen LogP) is 4.51. The monoisotopic (exact) mass is 265 g/mol. The van der Waals surface area contributed by atoms with Gasteiger partial charge in [0.25, 0.3) is 0 Å². The minimum atomic E-state index is 0.469. The molecule has 0 saturated heterocycles. The Bertz CT molecular complexity index is 310. The standard InChI is InChI=1S/C16H27NS/c1-5-12-17-15(14-10-8-7-9-11-14)16(13(3)4)18-6-2/h7-11,13,15-17H,5-6,12H2,1-4H3. The Kier molecular flexibility index (Phi) is 7.45. The molecule has 0 aliphatic rings. The Hall–Kier alpha value is -0.470. The normalized spacial score (nSPS) is 14.7. The highest BCUT2D eigenvalue weighted by atomic mass is 32.2. The second-order valence-electron chi connectivity index (χ2n) is 5.01. The molecule has 1 N–H and O–H groups in total. The summed E-state index contributed by atoms with van der Waals surface area (Å²) in [4.78, 5) is 0. The van der Waals surface area contributed by atoms with Crippen LogP contribution in [0.4, 0.5) is 0 Å². The maximum Gasteiger partial charge on any atom is 0.0443 e. The van der Waals surface area contributed by atoms with Crippen LogP contribution in [0.3, 0.4) is 0 Å². The third-order valence-corrected chi connectivity index (χ3v) is 4.65. The molecule has 0 spiro atoms. The maximum absolute atomic E-state index is 3.73. The first-order valence-corrected chi connectivity index (χ1v) is 8.15. The van der Waals surface area contributed by atoms with Gasteiger partial charge in [-0.25, -0.2) is 0 Å². The molecule has 18 heavy (non-hydrogen) atoms. The molecule has 0 heterocycles. The lowest BCUT2D eigenvalue weighted by atomic mass is 9.96. The van der Waals surface area contributed by atoms with Gasteiger partial charge < -0.3 is 5.32 Å². The van der Waals surface area contributed by atoms with E-state index in [0.717, 1.165) is 6.54 Å². The lowest BCUT2D eigenvalue weighted by Crippen LogP contribution is -2.34. The molecule has 0 radical (unpaired) electrons. The second kappa shape index (κ2) is 8.60. The molecular formula is C16H27NS. The number of rotatable bonds is 8. The van der Waals surface area contributed by atoms with Crippen molar-refractivity contribution in [1.29, 1.82) is 0 Å². The molecule has 2 heteroatoms. The minimum Gasteiger partial charge on any atom is -0.309 e. The zero-order valence-corrected chi connectivity index (χ0v) is 13.0. The molecule has 1 rings (SSSR count). The van der Waals surface area contributed by atoms with Crippen LogP contribution in [0.1, 0.15) is 45.7 Å². The van der Waals surface area contributed by atoms with Crippen LogP contribution >= 0.6 is 11.8 Å². The van der Waals surface area contributed by atoms with Gasteiger partial charge in [0.15, 0.2) is 0 Å². The van der Waals surface area contributed by atoms with Gasteiger partial charge in [0.05, 0.1) is 0 Å². The van der Waals surface area contributed by atoms with Gasteiger partial charge in [0.2, 0.25) is 0 Å². The zero-order chi connectivity index (χ0) is 13.4. The molecule has 1 aromatic rings. The minimum absolute atomic E-state index is 0.469. The first-order chi connectivity index (χ1) is 8.70. The zero-order valence-electron chi connectivity index (χ0n) is 12.1. The van der Waals surface area contributed by atoms with Crippen LogP contribution in [0.25, 0.3) is 0 Å². The molecule has 0 saturated carbocycles. The summed E-state index contributed by atoms with van der Waals surface area (Å²) < 4.78 is 0. The molecule has 2 atom stereocenters. The highest BCUT2D eigenvalue weighted by molar-refractivity contribution is 7.99. The van der Waals surface area contributed by atoms with Crippen LogP contribution in [0.5, 0.6) is 0 Å². The van der Waals surface area contributed by atoms with Crippen LogP contribution in [-0.2, 0) is 0 Å². The third-order valence-electron chi connectivity index (χ3n) is 3.12. The van der Waals surface area contributed by atoms with Crippen molar-refractivity contribution in [3.63, 3.8) is 0 Å². The Labute approximate surface area is 117 Å². The van der Waals surface area contributed by atoms with Crippen molar-refractivity contribution >= 4 is 11.8 Å². The van der Waals surface area contributed by atoms with E-state index in [2.05, 4.69) is 75.1 Å². The van der Waals surface area contributed by atoms with Gasteiger partial charge in [0.1, 0.15) is 0 Å². The van der Waals surface area contributed by atoms with Crippen molar-refractivity contribution < 1.29 is 0 Å². The van der Waals surface area contributed by atoms with Gasteiger partial charge >= 0.3 is 0 Å². The molecule has 1 nitrogen and oxygen atoms in total. The van der Waals surface area contributed by atoms with Crippen molar-refractivity contribution in [2.75, 3.05) is 12.3 Å². The van der Waals surface area contributed by atoms with Gasteiger partial charge in [-0.1, -0.05) is 58.0 Å². The Balaban J connectivity index is 2.88. The fourth-order valence-corrected chi connectivity index (χ4v) is 3.47. The summed E-state index contributed by atoms with van der Waals surface area (Å²) in [6, 6.07) is 11.3. The van der Waals surface area contributed by atoms with E-state index in [-0.39, 0.29) is 0 Å². The van der Waals surface area contributed by atoms with Gasteiger partial charge in [-0.05, 0) is 30.2 Å². The van der Waals surface area contributed by atoms with Gasteiger partial charge in [-0.15, -0.1) is 0 Å². The summed E-state index contributed by atoms with van der Waals surface area (Å²) in [5.74, 6) is 1.87. The van der Waals surface area contributed by atoms with E-state index in [1.807, 2.05) is 0 Å². The van der Waals surface area contributed by atoms with Crippen LogP contribution in [0.2, 0.25) is 0 Å². The second-order valence-corrected chi connectivity index (χ2v) is 6.46. The highest BCUT2D eigenvalue weighted by Gasteiger charge is 2.25. The van der Waals surface area contributed by atoms with Gasteiger partial charge in [-0.2, -0.15) is 11.8 Å². The number of hydrogen-bond donors (Lipinski definition) is 1. The number of thioether (sulfide) groups is 1. The van der Waals surface area contributed by atoms with E-state index in [0.29, 0.717) is 17.2 Å². The summed E-state index contributed by atoms with van der Waals surface area (Å²) in [7, 11) is 0. The van der Waals surface area contributed by atoms with Gasteiger partial charge in [-0.3, -0.25) is 0 Å². The van der Waals surface area contributed by atoms with E-state index in [9.17, 15) is 0 Å². The predicted molar refractivity (Wildman–Crippen MR) is 84.2 cm³/mol. The Morgan fingerprint density at radius 2 is 1.78 bits per heavy atom. The fraction of sp³-hybridized carbons (Fsp3) is 0.625. The summed E-state index contributed by atoms with van der Waals surface area (Å²) in [6.07, 6.45) is 1.19. The van der Waals surface area contributed by atoms with E-state index in [1.54, 1.807) is 0 Å². The average Bonchev–Trinajstić information content (AvgIpc) is 2.39. The van der Waals surface area contributed by atoms with Crippen molar-refractivity contribution in [3.8, 4) is 0 Å². The first kappa shape index (κ1) is 15.6. The third kappa shape index (κ3) is 4.66. The van der Waals surface area contributed by atoms with E-state index in [4.69, 9.17) is 0 Å². The van der Waals surface area contributed by atoms with Crippen molar-refractivity contribution in [2.24, 2.45) is 5.92 Å². The fourth-order valence-electron chi connectivity index (χ4n) is 2.25. The first-order valence-electron chi connectivity index (χ1n) is 7.10. The largest absolute Gasteiger partial charge is 0.309 e. The van der Waals surface area contributed by atoms with Crippen LogP contribution in [0, 0.1) is 5.92 Å². The summed E-state index contributed by atoms with van der Waals surface area (Å²) >= 11 is 2.08. The quantitative estimate of drug-likeness (QED) is 0.742. The summed E-state index contributed by atoms with van der Waals surface area (Å²) in [6.45, 7) is 10.2. The van der Waals surface area contributed by atoms with E-state index < -0.39 is 0 Å². The Morgan fingerprint density at radius 1 is 1.11 bits per heavy atom. The maximum atomic E-state index is 3.73. The van der Waals surface area contributed by atoms with Gasteiger partial charge in [0, 0.05) is 11.3 Å².